The fourth-order valence-corrected chi connectivity index (χ4v) is 3.19. The summed E-state index contributed by atoms with van der Waals surface area (Å²) in [5.41, 5.74) is 3.30. The van der Waals surface area contributed by atoms with E-state index in [4.69, 9.17) is 11.6 Å². The summed E-state index contributed by atoms with van der Waals surface area (Å²) in [6, 6.07) is 9.14. The van der Waals surface area contributed by atoms with Crippen LogP contribution in [0.1, 0.15) is 43.2 Å². The molecule has 1 aliphatic rings. The van der Waals surface area contributed by atoms with Crippen molar-refractivity contribution < 1.29 is 0 Å². The molecule has 2 nitrogen and oxygen atoms in total. The van der Waals surface area contributed by atoms with Gasteiger partial charge in [0.1, 0.15) is 5.15 Å². The van der Waals surface area contributed by atoms with Crippen LogP contribution in [0.5, 0.6) is 0 Å². The normalized spacial score (nSPS) is 16.7. The van der Waals surface area contributed by atoms with Gasteiger partial charge in [-0.25, -0.2) is 4.98 Å². The maximum Gasteiger partial charge on any atom is 0.134 e. The van der Waals surface area contributed by atoms with E-state index in [1.54, 1.807) is 0 Å². The summed E-state index contributed by atoms with van der Waals surface area (Å²) in [4.78, 5) is 4.53. The topological polar surface area (TPSA) is 24.9 Å². The van der Waals surface area contributed by atoms with Crippen molar-refractivity contribution in [3.05, 3.63) is 40.5 Å². The van der Waals surface area contributed by atoms with Crippen molar-refractivity contribution in [3.8, 4) is 0 Å². The number of nitrogens with zero attached hydrogens (tertiary/aromatic N) is 1. The van der Waals surface area contributed by atoms with Crippen LogP contribution in [0, 0.1) is 6.92 Å². The van der Waals surface area contributed by atoms with E-state index in [-0.39, 0.29) is 0 Å². The van der Waals surface area contributed by atoms with E-state index in [2.05, 4.69) is 41.5 Å². The molecule has 1 heterocycles. The van der Waals surface area contributed by atoms with Crippen LogP contribution in [0.3, 0.4) is 0 Å². The predicted molar refractivity (Wildman–Crippen MR) is 85.2 cm³/mol. The van der Waals surface area contributed by atoms with Crippen molar-refractivity contribution in [3.63, 3.8) is 0 Å². The van der Waals surface area contributed by atoms with Crippen molar-refractivity contribution in [1.82, 2.24) is 10.3 Å². The van der Waals surface area contributed by atoms with Gasteiger partial charge in [-0.15, -0.1) is 0 Å². The number of hydrogen-bond donors (Lipinski definition) is 1. The summed E-state index contributed by atoms with van der Waals surface area (Å²) in [6.07, 6.45) is 6.66. The predicted octanol–water partition coefficient (Wildman–Crippen LogP) is 4.62. The van der Waals surface area contributed by atoms with Crippen molar-refractivity contribution in [1.29, 1.82) is 0 Å². The van der Waals surface area contributed by atoms with Gasteiger partial charge in [-0.1, -0.05) is 43.0 Å². The summed E-state index contributed by atoms with van der Waals surface area (Å²) < 4.78 is 0. The van der Waals surface area contributed by atoms with Gasteiger partial charge in [0.05, 0.1) is 5.52 Å². The molecule has 20 heavy (non-hydrogen) atoms. The van der Waals surface area contributed by atoms with Crippen LogP contribution in [0.25, 0.3) is 10.9 Å². The molecule has 0 amide bonds. The van der Waals surface area contributed by atoms with Gasteiger partial charge in [0.15, 0.2) is 0 Å². The average molecular weight is 289 g/mol. The van der Waals surface area contributed by atoms with Gasteiger partial charge < -0.3 is 5.32 Å². The van der Waals surface area contributed by atoms with Gasteiger partial charge >= 0.3 is 0 Å². The summed E-state index contributed by atoms with van der Waals surface area (Å²) in [5.74, 6) is 0. The first-order chi connectivity index (χ1) is 9.72. The van der Waals surface area contributed by atoms with Gasteiger partial charge in [0.25, 0.3) is 0 Å². The highest BCUT2D eigenvalue weighted by Crippen LogP contribution is 2.23. The number of rotatable bonds is 3. The molecule has 1 aliphatic carbocycles. The van der Waals surface area contributed by atoms with E-state index < -0.39 is 0 Å². The number of pyridine rings is 1. The molecule has 0 unspecified atom stereocenters. The van der Waals surface area contributed by atoms with Gasteiger partial charge in [0.2, 0.25) is 0 Å². The molecule has 0 radical (unpaired) electrons. The standard InChI is InChI=1S/C17H21ClN2/c1-12-7-8-13-10-14(17(18)20-16(13)9-12)11-19-15-5-3-2-4-6-15/h7-10,15,19H,2-6,11H2,1H3. The van der Waals surface area contributed by atoms with Gasteiger partial charge in [0, 0.05) is 23.5 Å². The Hall–Kier alpha value is -1.12. The van der Waals surface area contributed by atoms with Crippen molar-refractivity contribution >= 4 is 22.5 Å². The molecule has 2 aromatic rings. The van der Waals surface area contributed by atoms with Crippen molar-refractivity contribution in [2.75, 3.05) is 0 Å². The number of halogens is 1. The number of fused-ring (bicyclic) bond motifs is 1. The summed E-state index contributed by atoms with van der Waals surface area (Å²) >= 11 is 6.32. The second kappa shape index (κ2) is 6.11. The minimum absolute atomic E-state index is 0.631. The second-order valence-corrected chi connectivity index (χ2v) is 6.21. The zero-order valence-corrected chi connectivity index (χ0v) is 12.7. The number of nitrogens with one attached hydrogen (secondary N) is 1. The Labute approximate surface area is 125 Å². The van der Waals surface area contributed by atoms with Crippen LogP contribution in [-0.4, -0.2) is 11.0 Å². The SMILES string of the molecule is Cc1ccc2cc(CNC3CCCCC3)c(Cl)nc2c1. The van der Waals surface area contributed by atoms with E-state index >= 15 is 0 Å². The third kappa shape index (κ3) is 3.13. The second-order valence-electron chi connectivity index (χ2n) is 5.85. The molecule has 1 aromatic heterocycles. The van der Waals surface area contributed by atoms with E-state index in [1.807, 2.05) is 0 Å². The molecule has 0 atom stereocenters. The molecule has 0 bridgehead atoms. The highest BCUT2D eigenvalue weighted by molar-refractivity contribution is 6.30. The molecule has 0 aliphatic heterocycles. The molecule has 1 aromatic carbocycles. The zero-order chi connectivity index (χ0) is 13.9. The van der Waals surface area contributed by atoms with Crippen molar-refractivity contribution in [2.45, 2.75) is 51.6 Å². The number of aryl methyl sites for hydroxylation is 1. The highest BCUT2D eigenvalue weighted by atomic mass is 35.5. The lowest BCUT2D eigenvalue weighted by Crippen LogP contribution is -2.30. The summed E-state index contributed by atoms with van der Waals surface area (Å²) in [5, 5.41) is 5.43. The molecular weight excluding hydrogens is 268 g/mol. The Kier molecular flexibility index (Phi) is 4.23. The molecule has 1 N–H and O–H groups in total. The fourth-order valence-electron chi connectivity index (χ4n) is 2.98. The van der Waals surface area contributed by atoms with E-state index in [0.29, 0.717) is 11.2 Å². The maximum absolute atomic E-state index is 6.32. The molecule has 3 rings (SSSR count). The van der Waals surface area contributed by atoms with Crippen molar-refractivity contribution in [2.24, 2.45) is 0 Å². The van der Waals surface area contributed by atoms with Crippen LogP contribution in [0.15, 0.2) is 24.3 Å². The summed E-state index contributed by atoms with van der Waals surface area (Å²) in [7, 11) is 0. The minimum atomic E-state index is 0.631. The van der Waals surface area contributed by atoms with Gasteiger partial charge in [-0.3, -0.25) is 0 Å². The van der Waals surface area contributed by atoms with Gasteiger partial charge in [-0.2, -0.15) is 0 Å². The molecule has 0 saturated heterocycles. The molecule has 0 spiro atoms. The number of benzene rings is 1. The van der Waals surface area contributed by atoms with Crippen LogP contribution in [0.2, 0.25) is 5.15 Å². The molecule has 1 fully saturated rings. The third-order valence-electron chi connectivity index (χ3n) is 4.19. The Morgan fingerprint density at radius 1 is 1.20 bits per heavy atom. The highest BCUT2D eigenvalue weighted by Gasteiger charge is 2.13. The molecule has 1 saturated carbocycles. The molecule has 106 valence electrons. The lowest BCUT2D eigenvalue weighted by Gasteiger charge is -2.23. The lowest BCUT2D eigenvalue weighted by atomic mass is 9.95. The lowest BCUT2D eigenvalue weighted by molar-refractivity contribution is 0.372. The Morgan fingerprint density at radius 2 is 2.00 bits per heavy atom. The van der Waals surface area contributed by atoms with Crippen LogP contribution >= 0.6 is 11.6 Å². The third-order valence-corrected chi connectivity index (χ3v) is 4.51. The smallest absolute Gasteiger partial charge is 0.134 e. The molecular formula is C17H21ClN2. The monoisotopic (exact) mass is 288 g/mol. The van der Waals surface area contributed by atoms with E-state index in [1.165, 1.54) is 43.1 Å². The van der Waals surface area contributed by atoms with Crippen LogP contribution in [-0.2, 0) is 6.54 Å². The maximum atomic E-state index is 6.32. The summed E-state index contributed by atoms with van der Waals surface area (Å²) in [6.45, 7) is 2.90. The molecule has 3 heteroatoms. The first kappa shape index (κ1) is 13.8. The average Bonchev–Trinajstić information content (AvgIpc) is 2.46. The van der Waals surface area contributed by atoms with Gasteiger partial charge in [-0.05, 0) is 37.5 Å². The fraction of sp³-hybridized carbons (Fsp3) is 0.471. The first-order valence-corrected chi connectivity index (χ1v) is 7.89. The minimum Gasteiger partial charge on any atom is -0.310 e. The number of hydrogen-bond acceptors (Lipinski definition) is 2. The Morgan fingerprint density at radius 3 is 2.80 bits per heavy atom. The quantitative estimate of drug-likeness (QED) is 0.834. The Balaban J connectivity index is 1.77. The van der Waals surface area contributed by atoms with E-state index in [9.17, 15) is 0 Å². The Bertz CT molecular complexity index is 603. The zero-order valence-electron chi connectivity index (χ0n) is 12.0. The van der Waals surface area contributed by atoms with Crippen LogP contribution in [0.4, 0.5) is 0 Å². The first-order valence-electron chi connectivity index (χ1n) is 7.51. The van der Waals surface area contributed by atoms with E-state index in [0.717, 1.165) is 17.6 Å². The van der Waals surface area contributed by atoms with Crippen LogP contribution < -0.4 is 5.32 Å². The number of aromatic nitrogens is 1. The largest absolute Gasteiger partial charge is 0.310 e.